The van der Waals surface area contributed by atoms with Crippen molar-refractivity contribution in [1.82, 2.24) is 5.32 Å². The first-order chi connectivity index (χ1) is 9.60. The van der Waals surface area contributed by atoms with Crippen LogP contribution in [0.15, 0.2) is 10.5 Å². The molecule has 0 radical (unpaired) electrons. The highest BCUT2D eigenvalue weighted by molar-refractivity contribution is 5.90. The molecule has 0 aromatic carbocycles. The molecule has 20 heavy (non-hydrogen) atoms. The highest BCUT2D eigenvalue weighted by atomic mass is 16.5. The number of carbonyl (C=O) groups is 1. The first-order valence-electron chi connectivity index (χ1n) is 6.97. The van der Waals surface area contributed by atoms with Gasteiger partial charge in [-0.05, 0) is 37.7 Å². The van der Waals surface area contributed by atoms with Crippen molar-refractivity contribution in [1.29, 1.82) is 0 Å². The smallest absolute Gasteiger partial charge is 0.341 e. The van der Waals surface area contributed by atoms with E-state index < -0.39 is 0 Å². The van der Waals surface area contributed by atoms with Crippen LogP contribution in [0.3, 0.4) is 0 Å². The third-order valence-corrected chi connectivity index (χ3v) is 3.97. The second-order valence-electron chi connectivity index (χ2n) is 5.52. The Kier molecular flexibility index (Phi) is 4.83. The van der Waals surface area contributed by atoms with E-state index >= 15 is 0 Å². The van der Waals surface area contributed by atoms with E-state index in [4.69, 9.17) is 13.9 Å². The van der Waals surface area contributed by atoms with E-state index in [1.807, 2.05) is 0 Å². The molecule has 5 heteroatoms. The van der Waals surface area contributed by atoms with Gasteiger partial charge in [-0.2, -0.15) is 0 Å². The number of hydrogen-bond acceptors (Lipinski definition) is 5. The summed E-state index contributed by atoms with van der Waals surface area (Å²) in [5.74, 6) is 1.02. The van der Waals surface area contributed by atoms with Gasteiger partial charge in [-0.1, -0.05) is 0 Å². The van der Waals surface area contributed by atoms with Gasteiger partial charge in [0.2, 0.25) is 0 Å². The van der Waals surface area contributed by atoms with Crippen molar-refractivity contribution in [2.45, 2.75) is 32.7 Å². The van der Waals surface area contributed by atoms with E-state index in [2.05, 4.69) is 5.32 Å². The van der Waals surface area contributed by atoms with Gasteiger partial charge in [0.25, 0.3) is 0 Å². The molecule has 1 aromatic heterocycles. The van der Waals surface area contributed by atoms with Crippen LogP contribution in [-0.4, -0.2) is 33.3 Å². The van der Waals surface area contributed by atoms with Crippen LogP contribution in [0.1, 0.15) is 41.1 Å². The van der Waals surface area contributed by atoms with Gasteiger partial charge in [-0.3, -0.25) is 0 Å². The van der Waals surface area contributed by atoms with Crippen LogP contribution in [0.2, 0.25) is 0 Å². The van der Waals surface area contributed by atoms with Crippen LogP contribution >= 0.6 is 0 Å². The standard InChI is InChI=1S/C15H23NO4/c1-11-13(14(17)19-3)8-12(20-11)9-16-10-15(4-5-15)6-7-18-2/h8,16H,4-7,9-10H2,1-3H3. The number of esters is 1. The van der Waals surface area contributed by atoms with Crippen LogP contribution < -0.4 is 5.32 Å². The lowest BCUT2D eigenvalue weighted by Crippen LogP contribution is -2.24. The minimum Gasteiger partial charge on any atom is -0.465 e. The lowest BCUT2D eigenvalue weighted by atomic mass is 10.0. The van der Waals surface area contributed by atoms with Crippen molar-refractivity contribution in [2.75, 3.05) is 27.4 Å². The second-order valence-corrected chi connectivity index (χ2v) is 5.52. The molecule has 0 aliphatic heterocycles. The maximum atomic E-state index is 11.5. The van der Waals surface area contributed by atoms with Gasteiger partial charge in [0.1, 0.15) is 17.1 Å². The Morgan fingerprint density at radius 1 is 1.45 bits per heavy atom. The zero-order valence-electron chi connectivity index (χ0n) is 12.5. The summed E-state index contributed by atoms with van der Waals surface area (Å²) in [6.45, 7) is 4.18. The fraction of sp³-hybridized carbons (Fsp3) is 0.667. The summed E-state index contributed by atoms with van der Waals surface area (Å²) in [4.78, 5) is 11.5. The quantitative estimate of drug-likeness (QED) is 0.741. The number of carbonyl (C=O) groups excluding carboxylic acids is 1. The predicted molar refractivity (Wildman–Crippen MR) is 74.7 cm³/mol. The normalized spacial score (nSPS) is 16.1. The Hall–Kier alpha value is -1.33. The van der Waals surface area contributed by atoms with Crippen LogP contribution in [0.5, 0.6) is 0 Å². The fourth-order valence-electron chi connectivity index (χ4n) is 2.40. The molecule has 1 heterocycles. The van der Waals surface area contributed by atoms with Gasteiger partial charge in [0.15, 0.2) is 0 Å². The first-order valence-corrected chi connectivity index (χ1v) is 6.97. The molecule has 0 unspecified atom stereocenters. The summed E-state index contributed by atoms with van der Waals surface area (Å²) in [5, 5.41) is 3.41. The Morgan fingerprint density at radius 2 is 2.20 bits per heavy atom. The van der Waals surface area contributed by atoms with E-state index in [0.29, 0.717) is 23.3 Å². The molecule has 0 bridgehead atoms. The molecule has 1 saturated carbocycles. The third kappa shape index (κ3) is 3.61. The lowest BCUT2D eigenvalue weighted by molar-refractivity contribution is 0.0599. The minimum atomic E-state index is -0.351. The minimum absolute atomic E-state index is 0.351. The van der Waals surface area contributed by atoms with E-state index in [0.717, 1.165) is 25.3 Å². The van der Waals surface area contributed by atoms with Gasteiger partial charge in [-0.15, -0.1) is 0 Å². The highest BCUT2D eigenvalue weighted by Crippen LogP contribution is 2.48. The molecule has 1 N–H and O–H groups in total. The Bertz CT molecular complexity index is 462. The van der Waals surface area contributed by atoms with Gasteiger partial charge < -0.3 is 19.2 Å². The summed E-state index contributed by atoms with van der Waals surface area (Å²) >= 11 is 0. The molecule has 1 aromatic rings. The largest absolute Gasteiger partial charge is 0.465 e. The van der Waals surface area contributed by atoms with Crippen molar-refractivity contribution in [2.24, 2.45) is 5.41 Å². The summed E-state index contributed by atoms with van der Waals surface area (Å²) in [6.07, 6.45) is 3.61. The summed E-state index contributed by atoms with van der Waals surface area (Å²) < 4.78 is 15.4. The number of nitrogens with one attached hydrogen (secondary N) is 1. The molecule has 2 rings (SSSR count). The monoisotopic (exact) mass is 281 g/mol. The molecule has 1 fully saturated rings. The Labute approximate surface area is 119 Å². The van der Waals surface area contributed by atoms with Crippen molar-refractivity contribution in [3.8, 4) is 0 Å². The summed E-state index contributed by atoms with van der Waals surface area (Å²) in [6, 6.07) is 1.75. The number of rotatable bonds is 8. The summed E-state index contributed by atoms with van der Waals surface area (Å²) in [7, 11) is 3.11. The Balaban J connectivity index is 1.81. The predicted octanol–water partition coefficient (Wildman–Crippen LogP) is 2.28. The molecule has 112 valence electrons. The van der Waals surface area contributed by atoms with E-state index in [1.54, 1.807) is 20.1 Å². The lowest BCUT2D eigenvalue weighted by Gasteiger charge is -2.14. The number of hydrogen-bond donors (Lipinski definition) is 1. The van der Waals surface area contributed by atoms with Crippen LogP contribution in [-0.2, 0) is 16.0 Å². The van der Waals surface area contributed by atoms with E-state index in [9.17, 15) is 4.79 Å². The molecular formula is C15H23NO4. The number of methoxy groups -OCH3 is 2. The number of ether oxygens (including phenoxy) is 2. The fourth-order valence-corrected chi connectivity index (χ4v) is 2.40. The average molecular weight is 281 g/mol. The maximum absolute atomic E-state index is 11.5. The van der Waals surface area contributed by atoms with Crippen LogP contribution in [0.25, 0.3) is 0 Å². The average Bonchev–Trinajstić information content (AvgIpc) is 3.12. The summed E-state index contributed by atoms with van der Waals surface area (Å²) in [5.41, 5.74) is 0.910. The number of furan rings is 1. The first kappa shape index (κ1) is 15.1. The van der Waals surface area contributed by atoms with E-state index in [1.165, 1.54) is 20.0 Å². The van der Waals surface area contributed by atoms with Crippen molar-refractivity contribution >= 4 is 5.97 Å². The molecule has 0 atom stereocenters. The van der Waals surface area contributed by atoms with Gasteiger partial charge in [0, 0.05) is 20.3 Å². The van der Waals surface area contributed by atoms with Gasteiger partial charge >= 0.3 is 5.97 Å². The molecule has 1 aliphatic carbocycles. The van der Waals surface area contributed by atoms with Crippen LogP contribution in [0.4, 0.5) is 0 Å². The van der Waals surface area contributed by atoms with Crippen LogP contribution in [0, 0.1) is 12.3 Å². The molecule has 0 amide bonds. The third-order valence-electron chi connectivity index (χ3n) is 3.97. The zero-order valence-corrected chi connectivity index (χ0v) is 12.5. The zero-order chi connectivity index (χ0) is 14.6. The maximum Gasteiger partial charge on any atom is 0.341 e. The van der Waals surface area contributed by atoms with Crippen molar-refractivity contribution in [3.05, 3.63) is 23.2 Å². The van der Waals surface area contributed by atoms with Gasteiger partial charge in [-0.25, -0.2) is 4.79 Å². The molecule has 0 saturated heterocycles. The Morgan fingerprint density at radius 3 is 2.80 bits per heavy atom. The molecule has 1 aliphatic rings. The van der Waals surface area contributed by atoms with Crippen molar-refractivity contribution in [3.63, 3.8) is 0 Å². The molecule has 0 spiro atoms. The highest BCUT2D eigenvalue weighted by Gasteiger charge is 2.41. The molecule has 5 nitrogen and oxygen atoms in total. The SMILES string of the molecule is COCCC1(CNCc2cc(C(=O)OC)c(C)o2)CC1. The van der Waals surface area contributed by atoms with Crippen molar-refractivity contribution < 1.29 is 18.7 Å². The second kappa shape index (κ2) is 6.41. The number of aryl methyl sites for hydroxylation is 1. The molecular weight excluding hydrogens is 258 g/mol. The van der Waals surface area contributed by atoms with E-state index in [-0.39, 0.29) is 5.97 Å². The topological polar surface area (TPSA) is 60.7 Å². The van der Waals surface area contributed by atoms with Gasteiger partial charge in [0.05, 0.1) is 13.7 Å².